The minimum absolute atomic E-state index is 0.0391. The van der Waals surface area contributed by atoms with Crippen LogP contribution in [-0.4, -0.2) is 23.6 Å². The SMILES string of the molecule is O=Cc1cccc(C2=CC3N=CC=C(Nc4cc(O)c(Cl)cc4F)C3C=C2)c1. The lowest BCUT2D eigenvalue weighted by atomic mass is 9.85. The number of allylic oxidation sites excluding steroid dienone is 3. The van der Waals surface area contributed by atoms with Crippen molar-refractivity contribution >= 4 is 35.4 Å². The molecule has 0 spiro atoms. The zero-order valence-corrected chi connectivity index (χ0v) is 15.4. The number of nitrogens with zero attached hydrogens (tertiary/aromatic N) is 1. The molecule has 1 aliphatic carbocycles. The van der Waals surface area contributed by atoms with Gasteiger partial charge in [0.15, 0.2) is 0 Å². The Morgan fingerprint density at radius 2 is 2.11 bits per heavy atom. The summed E-state index contributed by atoms with van der Waals surface area (Å²) < 4.78 is 14.2. The van der Waals surface area contributed by atoms with Gasteiger partial charge in [0.05, 0.1) is 16.8 Å². The number of phenols is 1. The molecular formula is C22H16ClFN2O2. The third-order valence-electron chi connectivity index (χ3n) is 4.74. The number of hydrogen-bond donors (Lipinski definition) is 2. The summed E-state index contributed by atoms with van der Waals surface area (Å²) in [6.45, 7) is 0. The number of aldehydes is 1. The van der Waals surface area contributed by atoms with E-state index in [1.54, 1.807) is 18.4 Å². The number of aliphatic imine (C=N–C) groups is 1. The van der Waals surface area contributed by atoms with Crippen molar-refractivity contribution in [2.75, 3.05) is 5.32 Å². The molecule has 2 aromatic carbocycles. The van der Waals surface area contributed by atoms with Crippen molar-refractivity contribution < 1.29 is 14.3 Å². The molecule has 140 valence electrons. The Labute approximate surface area is 166 Å². The largest absolute Gasteiger partial charge is 0.506 e. The molecule has 0 fully saturated rings. The van der Waals surface area contributed by atoms with Crippen molar-refractivity contribution in [3.8, 4) is 5.75 Å². The number of anilines is 1. The third-order valence-corrected chi connectivity index (χ3v) is 5.05. The van der Waals surface area contributed by atoms with E-state index in [9.17, 15) is 14.3 Å². The molecule has 0 radical (unpaired) electrons. The lowest BCUT2D eigenvalue weighted by Crippen LogP contribution is -2.26. The van der Waals surface area contributed by atoms with Crippen LogP contribution < -0.4 is 5.32 Å². The van der Waals surface area contributed by atoms with Gasteiger partial charge in [-0.1, -0.05) is 48.0 Å². The van der Waals surface area contributed by atoms with Gasteiger partial charge in [0.2, 0.25) is 0 Å². The maximum atomic E-state index is 14.2. The second kappa shape index (κ2) is 7.44. The summed E-state index contributed by atoms with van der Waals surface area (Å²) >= 11 is 5.74. The fourth-order valence-corrected chi connectivity index (χ4v) is 3.47. The highest BCUT2D eigenvalue weighted by Crippen LogP contribution is 2.35. The monoisotopic (exact) mass is 394 g/mol. The summed E-state index contributed by atoms with van der Waals surface area (Å²) in [6.07, 6.45) is 10.3. The molecule has 4 nitrogen and oxygen atoms in total. The standard InChI is InChI=1S/C22H16ClFN2O2/c23-17-10-18(24)21(11-22(17)28)26-19-6-7-25-20-9-15(4-5-16(19)20)14-3-1-2-13(8-14)12-27/h1-12,16,20,26,28H. The van der Waals surface area contributed by atoms with E-state index in [2.05, 4.69) is 10.3 Å². The second-order valence-corrected chi connectivity index (χ2v) is 6.98. The van der Waals surface area contributed by atoms with E-state index < -0.39 is 5.82 Å². The number of nitrogens with one attached hydrogen (secondary N) is 1. The number of phenolic OH excluding ortho intramolecular Hbond substituents is 1. The minimum Gasteiger partial charge on any atom is -0.506 e. The van der Waals surface area contributed by atoms with Gasteiger partial charge in [0.25, 0.3) is 0 Å². The Hall–Kier alpha value is -3.18. The third kappa shape index (κ3) is 3.49. The van der Waals surface area contributed by atoms with Crippen molar-refractivity contribution in [2.24, 2.45) is 10.9 Å². The van der Waals surface area contributed by atoms with E-state index in [4.69, 9.17) is 11.6 Å². The van der Waals surface area contributed by atoms with Crippen molar-refractivity contribution in [2.45, 2.75) is 6.04 Å². The van der Waals surface area contributed by atoms with Gasteiger partial charge in [-0.3, -0.25) is 9.79 Å². The van der Waals surface area contributed by atoms with Gasteiger partial charge in [0, 0.05) is 29.5 Å². The first-order valence-electron chi connectivity index (χ1n) is 8.69. The van der Waals surface area contributed by atoms with E-state index in [1.807, 2.05) is 36.4 Å². The fourth-order valence-electron chi connectivity index (χ4n) is 3.32. The first-order valence-corrected chi connectivity index (χ1v) is 9.07. The van der Waals surface area contributed by atoms with E-state index in [-0.39, 0.29) is 28.4 Å². The fraction of sp³-hybridized carbons (Fsp3) is 0.0909. The number of carbonyl (C=O) groups is 1. The predicted octanol–water partition coefficient (Wildman–Crippen LogP) is 5.02. The number of carbonyl (C=O) groups excluding carboxylic acids is 1. The summed E-state index contributed by atoms with van der Waals surface area (Å²) in [5.74, 6) is -0.840. The van der Waals surface area contributed by atoms with E-state index in [0.29, 0.717) is 5.56 Å². The topological polar surface area (TPSA) is 61.7 Å². The maximum absolute atomic E-state index is 14.2. The smallest absolute Gasteiger partial charge is 0.150 e. The number of dihydropyridines is 1. The molecule has 2 unspecified atom stereocenters. The summed E-state index contributed by atoms with van der Waals surface area (Å²) in [5, 5.41) is 12.8. The Balaban J connectivity index is 1.59. The average molecular weight is 395 g/mol. The van der Waals surface area contributed by atoms with Crippen LogP contribution in [-0.2, 0) is 0 Å². The summed E-state index contributed by atoms with van der Waals surface area (Å²) in [7, 11) is 0. The highest BCUT2D eigenvalue weighted by atomic mass is 35.5. The first-order chi connectivity index (χ1) is 13.5. The molecule has 2 N–H and O–H groups in total. The van der Waals surface area contributed by atoms with Crippen LogP contribution in [0, 0.1) is 11.7 Å². The lowest BCUT2D eigenvalue weighted by molar-refractivity contribution is 0.112. The maximum Gasteiger partial charge on any atom is 0.150 e. The van der Waals surface area contributed by atoms with Crippen LogP contribution in [0.15, 0.2) is 71.4 Å². The van der Waals surface area contributed by atoms with Crippen molar-refractivity contribution in [1.82, 2.24) is 0 Å². The molecule has 0 amide bonds. The van der Waals surface area contributed by atoms with E-state index in [0.717, 1.165) is 29.2 Å². The molecule has 1 heterocycles. The van der Waals surface area contributed by atoms with Crippen molar-refractivity contribution in [3.05, 3.63) is 88.4 Å². The van der Waals surface area contributed by atoms with Gasteiger partial charge in [-0.2, -0.15) is 0 Å². The molecular weight excluding hydrogens is 379 g/mol. The molecule has 2 aliphatic rings. The van der Waals surface area contributed by atoms with Crippen LogP contribution >= 0.6 is 11.6 Å². The van der Waals surface area contributed by atoms with Gasteiger partial charge in [-0.05, 0) is 29.3 Å². The number of aromatic hydroxyl groups is 1. The van der Waals surface area contributed by atoms with Crippen LogP contribution in [0.1, 0.15) is 15.9 Å². The Bertz CT molecular complexity index is 1070. The van der Waals surface area contributed by atoms with E-state index in [1.165, 1.54) is 6.07 Å². The van der Waals surface area contributed by atoms with Gasteiger partial charge < -0.3 is 10.4 Å². The highest BCUT2D eigenvalue weighted by Gasteiger charge is 2.27. The Morgan fingerprint density at radius 3 is 2.93 bits per heavy atom. The quantitative estimate of drug-likeness (QED) is 0.716. The number of rotatable bonds is 4. The Morgan fingerprint density at radius 1 is 1.25 bits per heavy atom. The van der Waals surface area contributed by atoms with Gasteiger partial charge in [-0.25, -0.2) is 4.39 Å². The molecule has 0 bridgehead atoms. The van der Waals surface area contributed by atoms with Gasteiger partial charge in [-0.15, -0.1) is 0 Å². The molecule has 0 saturated carbocycles. The van der Waals surface area contributed by atoms with Crippen molar-refractivity contribution in [1.29, 1.82) is 0 Å². The lowest BCUT2D eigenvalue weighted by Gasteiger charge is -2.29. The minimum atomic E-state index is -0.551. The molecule has 0 aromatic heterocycles. The molecule has 0 saturated heterocycles. The number of fused-ring (bicyclic) bond motifs is 1. The summed E-state index contributed by atoms with van der Waals surface area (Å²) in [5.41, 5.74) is 3.42. The zero-order chi connectivity index (χ0) is 19.7. The van der Waals surface area contributed by atoms with Crippen LogP contribution in [0.4, 0.5) is 10.1 Å². The molecule has 2 aromatic rings. The molecule has 6 heteroatoms. The zero-order valence-electron chi connectivity index (χ0n) is 14.6. The number of benzene rings is 2. The summed E-state index contributed by atoms with van der Waals surface area (Å²) in [6, 6.07) is 9.55. The number of halogens is 2. The predicted molar refractivity (Wildman–Crippen MR) is 109 cm³/mol. The summed E-state index contributed by atoms with van der Waals surface area (Å²) in [4.78, 5) is 15.5. The normalized spacial score (nSPS) is 20.2. The van der Waals surface area contributed by atoms with Crippen LogP contribution in [0.5, 0.6) is 5.75 Å². The Kier molecular flexibility index (Phi) is 4.84. The molecule has 2 atom stereocenters. The molecule has 4 rings (SSSR count). The molecule has 28 heavy (non-hydrogen) atoms. The second-order valence-electron chi connectivity index (χ2n) is 6.57. The van der Waals surface area contributed by atoms with Crippen molar-refractivity contribution in [3.63, 3.8) is 0 Å². The van der Waals surface area contributed by atoms with Crippen LogP contribution in [0.3, 0.4) is 0 Å². The number of hydrogen-bond acceptors (Lipinski definition) is 4. The first kappa shape index (κ1) is 18.2. The van der Waals surface area contributed by atoms with Crippen LogP contribution in [0.25, 0.3) is 5.57 Å². The van der Waals surface area contributed by atoms with Gasteiger partial charge in [0.1, 0.15) is 17.9 Å². The highest BCUT2D eigenvalue weighted by molar-refractivity contribution is 6.32. The molecule has 1 aliphatic heterocycles. The van der Waals surface area contributed by atoms with E-state index >= 15 is 0 Å². The van der Waals surface area contributed by atoms with Crippen LogP contribution in [0.2, 0.25) is 5.02 Å². The average Bonchev–Trinajstić information content (AvgIpc) is 2.72. The van der Waals surface area contributed by atoms with Gasteiger partial charge >= 0.3 is 0 Å².